The van der Waals surface area contributed by atoms with Crippen LogP contribution in [0.3, 0.4) is 0 Å². The van der Waals surface area contributed by atoms with Crippen LogP contribution in [0, 0.1) is 23.7 Å². The fourth-order valence-electron chi connectivity index (χ4n) is 8.20. The summed E-state index contributed by atoms with van der Waals surface area (Å²) >= 11 is 0. The molecule has 0 unspecified atom stereocenters. The first-order valence-electron chi connectivity index (χ1n) is 18.4. The number of nitrogens with two attached hydrogens (primary N) is 1. The van der Waals surface area contributed by atoms with Gasteiger partial charge in [0.1, 0.15) is 29.5 Å². The van der Waals surface area contributed by atoms with Crippen molar-refractivity contribution in [3.05, 3.63) is 11.3 Å². The summed E-state index contributed by atoms with van der Waals surface area (Å²) in [5.74, 6) is -3.71. The third kappa shape index (κ3) is 9.27. The van der Waals surface area contributed by atoms with Crippen molar-refractivity contribution in [3.63, 3.8) is 0 Å². The molecule has 298 valence electrons. The van der Waals surface area contributed by atoms with Crippen molar-refractivity contribution in [1.29, 1.82) is 0 Å². The molecule has 2 fully saturated rings. The van der Waals surface area contributed by atoms with Gasteiger partial charge in [-0.05, 0) is 86.4 Å². The number of carbonyl (C=O) groups excluding carboxylic acids is 1. The predicted molar refractivity (Wildman–Crippen MR) is 189 cm³/mol. The standard InChI is InChI=1S/C37H68N2O12/c1-14-25-37(10,45)30(42)20(4)26(38)18(2)16-35(8,44)31(51-34-27(40)24(39(11)12)15-19(3)48-34)21(5)28(22(6)32(43)49-25)50-33-23(7)29(41)36(9,46-13)17-47-33/h18-19,21-25,27-31,33-34,40-42,44-45H,14-17,38H2,1-13H3/t18-,19+,21-,22+,23-,24-,25-,27+,28+,29-,30+,31-,33-,34-,35+,36+,37-/m0/s1. The van der Waals surface area contributed by atoms with E-state index in [9.17, 15) is 30.3 Å². The molecule has 0 spiro atoms. The van der Waals surface area contributed by atoms with Crippen molar-refractivity contribution in [3.8, 4) is 0 Å². The molecule has 17 atom stereocenters. The number of methoxy groups -OCH3 is 1. The van der Waals surface area contributed by atoms with Crippen molar-refractivity contribution >= 4 is 5.97 Å². The Labute approximate surface area is 304 Å². The van der Waals surface area contributed by atoms with Gasteiger partial charge in [0, 0.05) is 30.7 Å². The zero-order valence-electron chi connectivity index (χ0n) is 33.0. The van der Waals surface area contributed by atoms with Crippen molar-refractivity contribution in [2.75, 3.05) is 27.8 Å². The molecule has 0 amide bonds. The number of allylic oxidation sites excluding steroid dienone is 1. The number of hydrogen-bond donors (Lipinski definition) is 6. The van der Waals surface area contributed by atoms with Gasteiger partial charge in [-0.15, -0.1) is 0 Å². The number of cyclic esters (lactones) is 1. The Morgan fingerprint density at radius 1 is 0.980 bits per heavy atom. The molecule has 2 saturated heterocycles. The number of rotatable bonds is 7. The number of esters is 1. The van der Waals surface area contributed by atoms with E-state index >= 15 is 0 Å². The summed E-state index contributed by atoms with van der Waals surface area (Å²) in [6.45, 7) is 16.9. The van der Waals surface area contributed by atoms with E-state index in [0.717, 1.165) is 0 Å². The number of aliphatic hydroxyl groups excluding tert-OH is 3. The van der Waals surface area contributed by atoms with E-state index in [1.165, 1.54) is 14.0 Å². The van der Waals surface area contributed by atoms with Crippen LogP contribution in [0.2, 0.25) is 0 Å². The fourth-order valence-corrected chi connectivity index (χ4v) is 8.20. The zero-order valence-corrected chi connectivity index (χ0v) is 33.0. The van der Waals surface area contributed by atoms with Gasteiger partial charge in [0.25, 0.3) is 0 Å². The average molecular weight is 733 g/mol. The second kappa shape index (κ2) is 16.9. The summed E-state index contributed by atoms with van der Waals surface area (Å²) in [6.07, 6.45) is -8.55. The Bertz CT molecular complexity index is 1200. The molecule has 0 aliphatic carbocycles. The lowest BCUT2D eigenvalue weighted by Gasteiger charge is -2.49. The van der Waals surface area contributed by atoms with Gasteiger partial charge >= 0.3 is 5.97 Å². The first-order valence-corrected chi connectivity index (χ1v) is 18.4. The van der Waals surface area contributed by atoms with Gasteiger partial charge in [-0.25, -0.2) is 0 Å². The largest absolute Gasteiger partial charge is 0.459 e. The van der Waals surface area contributed by atoms with Gasteiger partial charge in [-0.3, -0.25) is 4.79 Å². The maximum atomic E-state index is 14.1. The predicted octanol–water partition coefficient (Wildman–Crippen LogP) is 1.67. The van der Waals surface area contributed by atoms with Crippen LogP contribution in [0.1, 0.15) is 88.5 Å². The smallest absolute Gasteiger partial charge is 0.311 e. The van der Waals surface area contributed by atoms with Crippen LogP contribution in [0.4, 0.5) is 0 Å². The Morgan fingerprint density at radius 3 is 2.14 bits per heavy atom. The van der Waals surface area contributed by atoms with E-state index in [2.05, 4.69) is 0 Å². The van der Waals surface area contributed by atoms with Crippen molar-refractivity contribution in [1.82, 2.24) is 4.90 Å². The van der Waals surface area contributed by atoms with Gasteiger partial charge in [0.15, 0.2) is 12.6 Å². The summed E-state index contributed by atoms with van der Waals surface area (Å²) in [4.78, 5) is 16.0. The van der Waals surface area contributed by atoms with Crippen molar-refractivity contribution < 1.29 is 58.7 Å². The second-order valence-electron chi connectivity index (χ2n) is 16.4. The molecule has 0 aromatic carbocycles. The normalized spacial score (nSPS) is 48.3. The summed E-state index contributed by atoms with van der Waals surface area (Å²) in [5, 5.41) is 58.2. The summed E-state index contributed by atoms with van der Waals surface area (Å²) in [5.41, 5.74) is 2.55. The molecule has 0 saturated carbocycles. The number of ether oxygens (including phenoxy) is 6. The Kier molecular flexibility index (Phi) is 14.6. The molecule has 0 aromatic rings. The van der Waals surface area contributed by atoms with Gasteiger partial charge < -0.3 is 64.6 Å². The molecule has 3 aliphatic heterocycles. The van der Waals surface area contributed by atoms with Crippen LogP contribution < -0.4 is 5.73 Å². The highest BCUT2D eigenvalue weighted by molar-refractivity contribution is 5.73. The van der Waals surface area contributed by atoms with Gasteiger partial charge in [0.05, 0.1) is 42.5 Å². The molecule has 14 heteroatoms. The van der Waals surface area contributed by atoms with E-state index in [4.69, 9.17) is 34.2 Å². The minimum Gasteiger partial charge on any atom is -0.459 e. The van der Waals surface area contributed by atoms with Crippen molar-refractivity contribution in [2.24, 2.45) is 29.4 Å². The first-order chi connectivity index (χ1) is 23.4. The van der Waals surface area contributed by atoms with Gasteiger partial charge in [0.2, 0.25) is 0 Å². The van der Waals surface area contributed by atoms with Crippen LogP contribution in [0.15, 0.2) is 11.3 Å². The molecule has 14 nitrogen and oxygen atoms in total. The number of likely N-dealkylation sites (N-methyl/N-ethyl adjacent to an activating group) is 1. The van der Waals surface area contributed by atoms with E-state index in [0.29, 0.717) is 6.42 Å². The highest BCUT2D eigenvalue weighted by Crippen LogP contribution is 2.41. The van der Waals surface area contributed by atoms with E-state index < -0.39 is 95.6 Å². The second-order valence-corrected chi connectivity index (χ2v) is 16.4. The Morgan fingerprint density at radius 2 is 1.59 bits per heavy atom. The van der Waals surface area contributed by atoms with Crippen LogP contribution in [0.5, 0.6) is 0 Å². The monoisotopic (exact) mass is 732 g/mol. The number of nitrogens with zero attached hydrogens (tertiary/aromatic N) is 1. The molecule has 0 radical (unpaired) electrons. The molecule has 0 bridgehead atoms. The quantitative estimate of drug-likeness (QED) is 0.206. The minimum absolute atomic E-state index is 0.00427. The molecule has 3 rings (SSSR count). The number of carbonyl (C=O) groups is 1. The van der Waals surface area contributed by atoms with Gasteiger partial charge in [-0.2, -0.15) is 0 Å². The fraction of sp³-hybridized carbons (Fsp3) is 0.919. The van der Waals surface area contributed by atoms with Crippen LogP contribution in [-0.2, 0) is 33.2 Å². The molecule has 3 aliphatic rings. The molecule has 51 heavy (non-hydrogen) atoms. The highest BCUT2D eigenvalue weighted by Gasteiger charge is 2.53. The van der Waals surface area contributed by atoms with Crippen molar-refractivity contribution in [2.45, 2.75) is 167 Å². The maximum Gasteiger partial charge on any atom is 0.311 e. The summed E-state index contributed by atoms with van der Waals surface area (Å²) in [6, 6.07) is -0.299. The van der Waals surface area contributed by atoms with E-state index in [-0.39, 0.29) is 42.9 Å². The lowest BCUT2D eigenvalue weighted by Crippen LogP contribution is -2.61. The van der Waals surface area contributed by atoms with Crippen LogP contribution in [0.25, 0.3) is 0 Å². The van der Waals surface area contributed by atoms with Crippen LogP contribution >= 0.6 is 0 Å². The lowest BCUT2D eigenvalue weighted by molar-refractivity contribution is -0.319. The van der Waals surface area contributed by atoms with Crippen LogP contribution in [-0.4, -0.2) is 142 Å². The topological polar surface area (TPSA) is 203 Å². The molecular weight excluding hydrogens is 664 g/mol. The molecule has 0 aromatic heterocycles. The maximum absolute atomic E-state index is 14.1. The Balaban J connectivity index is 2.20. The lowest BCUT2D eigenvalue weighted by atomic mass is 9.76. The average Bonchev–Trinajstić information content (AvgIpc) is 3.06. The number of hydrogen-bond acceptors (Lipinski definition) is 14. The minimum atomic E-state index is -1.91. The Hall–Kier alpha value is -1.43. The number of aliphatic hydroxyl groups is 5. The third-order valence-corrected chi connectivity index (χ3v) is 11.8. The zero-order chi connectivity index (χ0) is 39.0. The molecule has 3 heterocycles. The highest BCUT2D eigenvalue weighted by atomic mass is 16.7. The first kappa shape index (κ1) is 44.0. The molecular formula is C37H68N2O12. The summed E-state index contributed by atoms with van der Waals surface area (Å²) in [7, 11) is 5.22. The van der Waals surface area contributed by atoms with E-state index in [1.54, 1.807) is 55.4 Å². The van der Waals surface area contributed by atoms with E-state index in [1.807, 2.05) is 25.9 Å². The SMILES string of the molecule is CC[C@@H]1OC(=O)[C@H](C)[C@H](O[C@@H]2OC[C@@](C)(OC)[C@@H](O)[C@@H]2C)[C@H](C)[C@H](O[C@@H]2O[C@H](C)C[C@H](N(C)C)[C@H]2O)[C@](C)(O)C[C@H](C)C(N)=C(C)[C@@H](O)[C@@]1(C)O. The van der Waals surface area contributed by atoms with Gasteiger partial charge in [-0.1, -0.05) is 27.7 Å². The summed E-state index contributed by atoms with van der Waals surface area (Å²) < 4.78 is 37.1. The third-order valence-electron chi connectivity index (χ3n) is 11.8. The molecule has 7 N–H and O–H groups in total.